The molecule has 98 valence electrons. The Kier molecular flexibility index (Phi) is 3.25. The fraction of sp³-hybridized carbons (Fsp3) is 0.0769. The second-order valence-electron chi connectivity index (χ2n) is 3.82. The predicted octanol–water partition coefficient (Wildman–Crippen LogP) is 4.28. The van der Waals surface area contributed by atoms with Crippen LogP contribution in [-0.2, 0) is 6.18 Å². The smallest absolute Gasteiger partial charge is 0.258 e. The summed E-state index contributed by atoms with van der Waals surface area (Å²) in [6.45, 7) is 0. The first-order valence-corrected chi connectivity index (χ1v) is 5.31. The van der Waals surface area contributed by atoms with Crippen LogP contribution in [0.4, 0.5) is 18.9 Å². The van der Waals surface area contributed by atoms with Crippen LogP contribution >= 0.6 is 0 Å². The maximum absolute atomic E-state index is 12.8. The number of benzene rings is 2. The lowest BCUT2D eigenvalue weighted by molar-refractivity contribution is -0.387. The molecule has 0 aliphatic rings. The summed E-state index contributed by atoms with van der Waals surface area (Å²) < 4.78 is 38.4. The van der Waals surface area contributed by atoms with Gasteiger partial charge in [-0.25, -0.2) is 0 Å². The van der Waals surface area contributed by atoms with Gasteiger partial charge in [0.2, 0.25) is 0 Å². The van der Waals surface area contributed by atoms with Crippen LogP contribution < -0.4 is 0 Å². The summed E-state index contributed by atoms with van der Waals surface area (Å²) in [5.41, 5.74) is -1.82. The van der Waals surface area contributed by atoms with E-state index in [9.17, 15) is 23.3 Å². The Morgan fingerprint density at radius 1 is 0.947 bits per heavy atom. The molecule has 0 amide bonds. The first kappa shape index (κ1) is 13.1. The highest BCUT2D eigenvalue weighted by Crippen LogP contribution is 2.41. The van der Waals surface area contributed by atoms with Crippen LogP contribution in [-0.4, -0.2) is 4.92 Å². The number of rotatable bonds is 2. The third-order valence-electron chi connectivity index (χ3n) is 2.61. The summed E-state index contributed by atoms with van der Waals surface area (Å²) >= 11 is 0. The van der Waals surface area contributed by atoms with Crippen molar-refractivity contribution in [1.29, 1.82) is 0 Å². The predicted molar refractivity (Wildman–Crippen MR) is 63.5 cm³/mol. The number of nitro benzene ring substituents is 1. The molecule has 2 aromatic rings. The van der Waals surface area contributed by atoms with Crippen molar-refractivity contribution in [2.24, 2.45) is 0 Å². The molecule has 0 aliphatic carbocycles. The van der Waals surface area contributed by atoms with Crippen molar-refractivity contribution in [1.82, 2.24) is 0 Å². The second kappa shape index (κ2) is 4.72. The van der Waals surface area contributed by atoms with Crippen molar-refractivity contribution in [2.75, 3.05) is 0 Å². The van der Waals surface area contributed by atoms with Gasteiger partial charge in [-0.1, -0.05) is 36.4 Å². The fourth-order valence-electron chi connectivity index (χ4n) is 1.82. The van der Waals surface area contributed by atoms with Crippen molar-refractivity contribution in [3.63, 3.8) is 0 Å². The summed E-state index contributed by atoms with van der Waals surface area (Å²) in [4.78, 5) is 9.97. The van der Waals surface area contributed by atoms with Crippen molar-refractivity contribution in [3.05, 3.63) is 64.2 Å². The molecule has 2 aromatic carbocycles. The molecule has 0 aliphatic heterocycles. The lowest BCUT2D eigenvalue weighted by Crippen LogP contribution is -2.09. The number of nitrogens with zero attached hydrogens (tertiary/aromatic N) is 1. The zero-order valence-corrected chi connectivity index (χ0v) is 9.52. The Morgan fingerprint density at radius 2 is 1.58 bits per heavy atom. The SMILES string of the molecule is O=[N+]([O-])c1c(-c2ccccc2)cccc1C(F)(F)F. The van der Waals surface area contributed by atoms with E-state index in [4.69, 9.17) is 0 Å². The van der Waals surface area contributed by atoms with E-state index in [1.807, 2.05) is 0 Å². The molecular formula is C13H8F3NO2. The Bertz CT molecular complexity index is 609. The summed E-state index contributed by atoms with van der Waals surface area (Å²) in [6.07, 6.45) is -4.76. The van der Waals surface area contributed by atoms with Gasteiger partial charge in [-0.15, -0.1) is 0 Å². The molecule has 19 heavy (non-hydrogen) atoms. The van der Waals surface area contributed by atoms with Gasteiger partial charge in [-0.3, -0.25) is 10.1 Å². The molecule has 0 bridgehead atoms. The lowest BCUT2D eigenvalue weighted by atomic mass is 10.00. The standard InChI is InChI=1S/C13H8F3NO2/c14-13(15,16)11-8-4-7-10(12(11)17(18)19)9-5-2-1-3-6-9/h1-8H. The van der Waals surface area contributed by atoms with Crippen LogP contribution in [0.15, 0.2) is 48.5 Å². The molecule has 0 saturated heterocycles. The zero-order valence-electron chi connectivity index (χ0n) is 9.52. The van der Waals surface area contributed by atoms with Crippen LogP contribution in [0.3, 0.4) is 0 Å². The summed E-state index contributed by atoms with van der Waals surface area (Å²) in [6, 6.07) is 11.2. The highest BCUT2D eigenvalue weighted by atomic mass is 19.4. The monoisotopic (exact) mass is 267 g/mol. The lowest BCUT2D eigenvalue weighted by Gasteiger charge is -2.10. The van der Waals surface area contributed by atoms with Gasteiger partial charge in [0.25, 0.3) is 5.69 Å². The topological polar surface area (TPSA) is 43.1 Å². The number of hydrogen-bond donors (Lipinski definition) is 0. The van der Waals surface area contributed by atoms with E-state index in [0.29, 0.717) is 11.6 Å². The molecule has 0 heterocycles. The van der Waals surface area contributed by atoms with Crippen LogP contribution in [0.5, 0.6) is 0 Å². The number of alkyl halides is 3. The minimum atomic E-state index is -4.76. The zero-order chi connectivity index (χ0) is 14.0. The number of halogens is 3. The van der Waals surface area contributed by atoms with E-state index in [-0.39, 0.29) is 5.56 Å². The Hall–Kier alpha value is -2.37. The van der Waals surface area contributed by atoms with Gasteiger partial charge in [0.05, 0.1) is 10.5 Å². The van der Waals surface area contributed by atoms with Crippen molar-refractivity contribution in [2.45, 2.75) is 6.18 Å². The average Bonchev–Trinajstić information content (AvgIpc) is 2.37. The molecule has 0 spiro atoms. The molecular weight excluding hydrogens is 259 g/mol. The molecule has 0 aromatic heterocycles. The maximum Gasteiger partial charge on any atom is 0.423 e. The summed E-state index contributed by atoms with van der Waals surface area (Å²) in [5.74, 6) is 0. The normalized spacial score (nSPS) is 11.3. The Labute approximate surface area is 106 Å². The third-order valence-corrected chi connectivity index (χ3v) is 2.61. The van der Waals surface area contributed by atoms with Gasteiger partial charge >= 0.3 is 6.18 Å². The minimum Gasteiger partial charge on any atom is -0.258 e. The number of hydrogen-bond acceptors (Lipinski definition) is 2. The van der Waals surface area contributed by atoms with Gasteiger partial charge < -0.3 is 0 Å². The molecule has 0 atom stereocenters. The van der Waals surface area contributed by atoms with Gasteiger partial charge in [0.15, 0.2) is 0 Å². The largest absolute Gasteiger partial charge is 0.423 e. The first-order valence-electron chi connectivity index (χ1n) is 5.31. The first-order chi connectivity index (χ1) is 8.91. The van der Waals surface area contributed by atoms with E-state index in [2.05, 4.69) is 0 Å². The fourth-order valence-corrected chi connectivity index (χ4v) is 1.82. The van der Waals surface area contributed by atoms with E-state index < -0.39 is 22.4 Å². The summed E-state index contributed by atoms with van der Waals surface area (Å²) in [5, 5.41) is 11.0. The van der Waals surface area contributed by atoms with Crippen LogP contribution in [0.2, 0.25) is 0 Å². The van der Waals surface area contributed by atoms with Gasteiger partial charge in [-0.05, 0) is 17.7 Å². The average molecular weight is 267 g/mol. The molecule has 0 N–H and O–H groups in total. The van der Waals surface area contributed by atoms with Gasteiger partial charge in [0.1, 0.15) is 5.56 Å². The number of para-hydroxylation sites is 1. The molecule has 0 radical (unpaired) electrons. The minimum absolute atomic E-state index is 0.0413. The molecule has 6 heteroatoms. The van der Waals surface area contributed by atoms with E-state index in [1.165, 1.54) is 18.2 Å². The molecule has 2 rings (SSSR count). The van der Waals surface area contributed by atoms with Crippen LogP contribution in [0.25, 0.3) is 11.1 Å². The maximum atomic E-state index is 12.8. The van der Waals surface area contributed by atoms with Gasteiger partial charge in [0, 0.05) is 0 Å². The van der Waals surface area contributed by atoms with E-state index in [0.717, 1.165) is 6.07 Å². The van der Waals surface area contributed by atoms with E-state index >= 15 is 0 Å². The third kappa shape index (κ3) is 2.57. The highest BCUT2D eigenvalue weighted by molar-refractivity contribution is 5.75. The van der Waals surface area contributed by atoms with E-state index in [1.54, 1.807) is 18.2 Å². The number of nitro groups is 1. The Morgan fingerprint density at radius 3 is 2.11 bits per heavy atom. The van der Waals surface area contributed by atoms with Crippen molar-refractivity contribution >= 4 is 5.69 Å². The molecule has 0 fully saturated rings. The summed E-state index contributed by atoms with van der Waals surface area (Å²) in [7, 11) is 0. The molecule has 0 unspecified atom stereocenters. The molecule has 3 nitrogen and oxygen atoms in total. The van der Waals surface area contributed by atoms with Gasteiger partial charge in [-0.2, -0.15) is 13.2 Å². The Balaban J connectivity index is 2.73. The quantitative estimate of drug-likeness (QED) is 0.602. The van der Waals surface area contributed by atoms with Crippen molar-refractivity contribution in [3.8, 4) is 11.1 Å². The van der Waals surface area contributed by atoms with Crippen LogP contribution in [0, 0.1) is 10.1 Å². The second-order valence-corrected chi connectivity index (χ2v) is 3.82. The highest BCUT2D eigenvalue weighted by Gasteiger charge is 2.39. The van der Waals surface area contributed by atoms with Crippen molar-refractivity contribution < 1.29 is 18.1 Å². The molecule has 0 saturated carbocycles. The van der Waals surface area contributed by atoms with Crippen LogP contribution in [0.1, 0.15) is 5.56 Å².